The van der Waals surface area contributed by atoms with E-state index in [1.54, 1.807) is 0 Å². The van der Waals surface area contributed by atoms with Crippen LogP contribution >= 0.6 is 0 Å². The second kappa shape index (κ2) is 22.4. The second-order valence-electron chi connectivity index (χ2n) is 9.90. The molecule has 0 aliphatic carbocycles. The number of rotatable bonds is 23. The summed E-state index contributed by atoms with van der Waals surface area (Å²) in [6.07, 6.45) is 27.0. The molecular formula is C31H51NO3. The van der Waals surface area contributed by atoms with Crippen molar-refractivity contribution in [2.75, 3.05) is 0 Å². The van der Waals surface area contributed by atoms with Gasteiger partial charge in [-0.15, -0.1) is 0 Å². The fraction of sp³-hybridized carbons (Fsp3) is 0.677. The number of carboxylic acids is 1. The number of nitrogens with one attached hydrogen (secondary N) is 1. The highest BCUT2D eigenvalue weighted by atomic mass is 16.4. The Hall–Kier alpha value is -2.10. The summed E-state index contributed by atoms with van der Waals surface area (Å²) < 4.78 is 0. The molecule has 4 heteroatoms. The molecule has 1 rings (SSSR count). The number of benzene rings is 1. The van der Waals surface area contributed by atoms with E-state index in [0.717, 1.165) is 24.8 Å². The molecule has 0 bridgehead atoms. The molecule has 0 spiro atoms. The van der Waals surface area contributed by atoms with Gasteiger partial charge in [0.25, 0.3) is 0 Å². The summed E-state index contributed by atoms with van der Waals surface area (Å²) in [5.41, 5.74) is 0.917. The van der Waals surface area contributed by atoms with Gasteiger partial charge >= 0.3 is 5.97 Å². The van der Waals surface area contributed by atoms with Crippen molar-refractivity contribution in [3.63, 3.8) is 0 Å². The molecule has 0 aliphatic heterocycles. The maximum Gasteiger partial charge on any atom is 0.326 e. The Morgan fingerprint density at radius 1 is 0.743 bits per heavy atom. The lowest BCUT2D eigenvalue weighted by atomic mass is 10.0. The van der Waals surface area contributed by atoms with Gasteiger partial charge in [-0.3, -0.25) is 4.79 Å². The molecule has 2 N–H and O–H groups in total. The van der Waals surface area contributed by atoms with Gasteiger partial charge in [-0.05, 0) is 37.7 Å². The van der Waals surface area contributed by atoms with Gasteiger partial charge in [0.15, 0.2) is 0 Å². The second-order valence-corrected chi connectivity index (χ2v) is 9.90. The SMILES string of the molecule is CCCCCCCC/C=C\CCCCCCCCCCCC(=O)N[C@@H](Cc1ccccc1)C(=O)O. The molecule has 1 atom stereocenters. The Morgan fingerprint density at radius 3 is 1.74 bits per heavy atom. The molecule has 0 aliphatic rings. The van der Waals surface area contributed by atoms with E-state index in [2.05, 4.69) is 24.4 Å². The maximum absolute atomic E-state index is 12.2. The van der Waals surface area contributed by atoms with Crippen LogP contribution in [0.5, 0.6) is 0 Å². The minimum Gasteiger partial charge on any atom is -0.480 e. The van der Waals surface area contributed by atoms with Crippen LogP contribution in [-0.2, 0) is 16.0 Å². The van der Waals surface area contributed by atoms with Gasteiger partial charge < -0.3 is 10.4 Å². The molecule has 0 radical (unpaired) electrons. The molecule has 0 saturated heterocycles. The molecule has 4 nitrogen and oxygen atoms in total. The van der Waals surface area contributed by atoms with Crippen molar-refractivity contribution in [3.8, 4) is 0 Å². The number of carbonyl (C=O) groups is 2. The van der Waals surface area contributed by atoms with E-state index in [-0.39, 0.29) is 5.91 Å². The number of allylic oxidation sites excluding steroid dienone is 2. The first-order chi connectivity index (χ1) is 17.1. The van der Waals surface area contributed by atoms with Crippen molar-refractivity contribution >= 4 is 11.9 Å². The van der Waals surface area contributed by atoms with Gasteiger partial charge in [0.05, 0.1) is 0 Å². The zero-order chi connectivity index (χ0) is 25.4. The number of hydrogen-bond acceptors (Lipinski definition) is 2. The van der Waals surface area contributed by atoms with Crippen LogP contribution in [0.2, 0.25) is 0 Å². The predicted molar refractivity (Wildman–Crippen MR) is 148 cm³/mol. The Bertz CT molecular complexity index is 671. The average Bonchev–Trinajstić information content (AvgIpc) is 2.85. The summed E-state index contributed by atoms with van der Waals surface area (Å²) in [6.45, 7) is 2.27. The molecule has 1 amide bonds. The first-order valence-electron chi connectivity index (χ1n) is 14.3. The third-order valence-electron chi connectivity index (χ3n) is 6.58. The quantitative estimate of drug-likeness (QED) is 0.121. The average molecular weight is 486 g/mol. The van der Waals surface area contributed by atoms with E-state index in [1.165, 1.54) is 89.9 Å². The van der Waals surface area contributed by atoms with E-state index in [0.29, 0.717) is 12.8 Å². The fourth-order valence-electron chi connectivity index (χ4n) is 4.38. The number of aliphatic carboxylic acids is 1. The molecular weight excluding hydrogens is 434 g/mol. The Kier molecular flexibility index (Phi) is 19.8. The topological polar surface area (TPSA) is 66.4 Å². The standard InChI is InChI=1S/C31H51NO3/c1-2-3-4-5-6-7-8-9-10-11-12-13-14-15-16-17-18-19-23-26-30(33)32-29(31(34)35)27-28-24-21-20-22-25-28/h9-10,20-22,24-25,29H,2-8,11-19,23,26-27H2,1H3,(H,32,33)(H,34,35)/b10-9-/t29-/m0/s1. The molecule has 1 aromatic carbocycles. The van der Waals surface area contributed by atoms with E-state index in [9.17, 15) is 14.7 Å². The normalized spacial score (nSPS) is 12.1. The largest absolute Gasteiger partial charge is 0.480 e. The van der Waals surface area contributed by atoms with Crippen molar-refractivity contribution in [1.82, 2.24) is 5.32 Å². The third-order valence-corrected chi connectivity index (χ3v) is 6.58. The highest BCUT2D eigenvalue weighted by Gasteiger charge is 2.19. The van der Waals surface area contributed by atoms with Crippen molar-refractivity contribution in [1.29, 1.82) is 0 Å². The van der Waals surface area contributed by atoms with Crippen molar-refractivity contribution in [2.24, 2.45) is 0 Å². The van der Waals surface area contributed by atoms with Gasteiger partial charge in [0.2, 0.25) is 5.91 Å². The number of unbranched alkanes of at least 4 members (excludes halogenated alkanes) is 15. The number of carbonyl (C=O) groups excluding carboxylic acids is 1. The first kappa shape index (κ1) is 30.9. The highest BCUT2D eigenvalue weighted by Crippen LogP contribution is 2.12. The summed E-state index contributed by atoms with van der Waals surface area (Å²) in [5.74, 6) is -1.14. The molecule has 198 valence electrons. The van der Waals surface area contributed by atoms with E-state index in [4.69, 9.17) is 0 Å². The Balaban J connectivity index is 1.90. The maximum atomic E-state index is 12.2. The van der Waals surface area contributed by atoms with Gasteiger partial charge in [-0.2, -0.15) is 0 Å². The lowest BCUT2D eigenvalue weighted by Gasteiger charge is -2.14. The third kappa shape index (κ3) is 18.8. The summed E-state index contributed by atoms with van der Waals surface area (Å²) in [7, 11) is 0. The Morgan fingerprint density at radius 2 is 1.23 bits per heavy atom. The van der Waals surface area contributed by atoms with Crippen LogP contribution in [0.25, 0.3) is 0 Å². The molecule has 0 heterocycles. The summed E-state index contributed by atoms with van der Waals surface area (Å²) >= 11 is 0. The number of carboxylic acid groups (broad SMARTS) is 1. The number of hydrogen-bond donors (Lipinski definition) is 2. The van der Waals surface area contributed by atoms with Crippen LogP contribution in [-0.4, -0.2) is 23.0 Å². The van der Waals surface area contributed by atoms with Crippen molar-refractivity contribution in [3.05, 3.63) is 48.0 Å². The first-order valence-corrected chi connectivity index (χ1v) is 14.3. The van der Waals surface area contributed by atoms with Crippen LogP contribution in [0.1, 0.15) is 128 Å². The van der Waals surface area contributed by atoms with E-state index in [1.807, 2.05) is 30.3 Å². The van der Waals surface area contributed by atoms with Crippen molar-refractivity contribution < 1.29 is 14.7 Å². The van der Waals surface area contributed by atoms with Crippen LogP contribution in [0.4, 0.5) is 0 Å². The van der Waals surface area contributed by atoms with Crippen LogP contribution in [0.15, 0.2) is 42.5 Å². The summed E-state index contributed by atoms with van der Waals surface area (Å²) in [6, 6.07) is 8.57. The highest BCUT2D eigenvalue weighted by molar-refractivity contribution is 5.83. The van der Waals surface area contributed by atoms with Gasteiger partial charge in [-0.1, -0.05) is 126 Å². The van der Waals surface area contributed by atoms with E-state index < -0.39 is 12.0 Å². The molecule has 1 aromatic rings. The van der Waals surface area contributed by atoms with Crippen LogP contribution in [0, 0.1) is 0 Å². The zero-order valence-electron chi connectivity index (χ0n) is 22.3. The fourth-order valence-corrected chi connectivity index (χ4v) is 4.38. The molecule has 35 heavy (non-hydrogen) atoms. The smallest absolute Gasteiger partial charge is 0.326 e. The van der Waals surface area contributed by atoms with Crippen LogP contribution in [0.3, 0.4) is 0 Å². The summed E-state index contributed by atoms with van der Waals surface area (Å²) in [4.78, 5) is 23.6. The lowest BCUT2D eigenvalue weighted by molar-refractivity contribution is -0.141. The molecule has 0 saturated carbocycles. The van der Waals surface area contributed by atoms with Crippen LogP contribution < -0.4 is 5.32 Å². The van der Waals surface area contributed by atoms with Gasteiger partial charge in [-0.25, -0.2) is 4.79 Å². The summed E-state index contributed by atoms with van der Waals surface area (Å²) in [5, 5.41) is 12.1. The predicted octanol–water partition coefficient (Wildman–Crippen LogP) is 8.40. The molecule has 0 fully saturated rings. The van der Waals surface area contributed by atoms with Crippen molar-refractivity contribution in [2.45, 2.75) is 135 Å². The van der Waals surface area contributed by atoms with Gasteiger partial charge in [0.1, 0.15) is 6.04 Å². The minimum absolute atomic E-state index is 0.158. The monoisotopic (exact) mass is 485 g/mol. The number of amides is 1. The zero-order valence-corrected chi connectivity index (χ0v) is 22.3. The van der Waals surface area contributed by atoms with Gasteiger partial charge in [0, 0.05) is 12.8 Å². The molecule has 0 aromatic heterocycles. The lowest BCUT2D eigenvalue weighted by Crippen LogP contribution is -2.42. The van der Waals surface area contributed by atoms with E-state index >= 15 is 0 Å². The molecule has 0 unspecified atom stereocenters. The minimum atomic E-state index is -0.980. The Labute approximate surface area is 215 Å².